The van der Waals surface area contributed by atoms with Crippen molar-refractivity contribution in [2.24, 2.45) is 0 Å². The standard InChI is InChI=1S/C13H12FN3O2S/c1-2-15-12-7-10(17(18)19)8-13(16-12)20-11-5-3-9(14)4-6-11/h3-8H,2H2,1H3,(H,15,16). The first kappa shape index (κ1) is 14.3. The van der Waals surface area contributed by atoms with Crippen molar-refractivity contribution in [2.75, 3.05) is 11.9 Å². The molecule has 0 radical (unpaired) electrons. The van der Waals surface area contributed by atoms with E-state index in [0.717, 1.165) is 4.90 Å². The average molecular weight is 293 g/mol. The van der Waals surface area contributed by atoms with Crippen LogP contribution in [0.4, 0.5) is 15.9 Å². The van der Waals surface area contributed by atoms with Gasteiger partial charge in [0.25, 0.3) is 5.69 Å². The quantitative estimate of drug-likeness (QED) is 0.672. The fourth-order valence-electron chi connectivity index (χ4n) is 1.54. The monoisotopic (exact) mass is 293 g/mol. The highest BCUT2D eigenvalue weighted by molar-refractivity contribution is 7.99. The van der Waals surface area contributed by atoms with E-state index in [0.29, 0.717) is 17.4 Å². The van der Waals surface area contributed by atoms with Crippen molar-refractivity contribution in [1.82, 2.24) is 4.98 Å². The lowest BCUT2D eigenvalue weighted by Crippen LogP contribution is -2.01. The first-order valence-electron chi connectivity index (χ1n) is 5.92. The molecule has 0 saturated carbocycles. The minimum atomic E-state index is -0.461. The third-order valence-electron chi connectivity index (χ3n) is 2.39. The van der Waals surface area contributed by atoms with Crippen LogP contribution in [0, 0.1) is 15.9 Å². The Labute approximate surface area is 119 Å². The summed E-state index contributed by atoms with van der Waals surface area (Å²) in [4.78, 5) is 15.5. The largest absolute Gasteiger partial charge is 0.370 e. The fourth-order valence-corrected chi connectivity index (χ4v) is 2.38. The van der Waals surface area contributed by atoms with E-state index in [2.05, 4.69) is 10.3 Å². The average Bonchev–Trinajstić information content (AvgIpc) is 2.41. The van der Waals surface area contributed by atoms with Crippen LogP contribution < -0.4 is 5.32 Å². The topological polar surface area (TPSA) is 68.1 Å². The van der Waals surface area contributed by atoms with Gasteiger partial charge in [0, 0.05) is 17.5 Å². The molecule has 0 bridgehead atoms. The second-order valence-electron chi connectivity index (χ2n) is 3.89. The van der Waals surface area contributed by atoms with E-state index in [1.165, 1.54) is 36.0 Å². The number of rotatable bonds is 5. The number of anilines is 1. The minimum Gasteiger partial charge on any atom is -0.370 e. The Hall–Kier alpha value is -2.15. The molecule has 1 aromatic carbocycles. The van der Waals surface area contributed by atoms with E-state index in [1.54, 1.807) is 12.1 Å². The van der Waals surface area contributed by atoms with Gasteiger partial charge in [0.05, 0.1) is 11.0 Å². The number of halogens is 1. The third-order valence-corrected chi connectivity index (χ3v) is 3.32. The van der Waals surface area contributed by atoms with Crippen LogP contribution in [0.15, 0.2) is 46.3 Å². The lowest BCUT2D eigenvalue weighted by molar-refractivity contribution is -0.385. The summed E-state index contributed by atoms with van der Waals surface area (Å²) in [6.07, 6.45) is 0. The molecule has 2 aromatic rings. The van der Waals surface area contributed by atoms with Crippen LogP contribution in [0.1, 0.15) is 6.92 Å². The van der Waals surface area contributed by atoms with Gasteiger partial charge in [0.15, 0.2) is 0 Å². The predicted octanol–water partition coefficient (Wildman–Crippen LogP) is 3.71. The molecule has 0 spiro atoms. The van der Waals surface area contributed by atoms with Crippen LogP contribution in [0.5, 0.6) is 0 Å². The molecule has 104 valence electrons. The summed E-state index contributed by atoms with van der Waals surface area (Å²) in [6, 6.07) is 8.67. The number of benzene rings is 1. The molecule has 1 aromatic heterocycles. The van der Waals surface area contributed by atoms with Crippen LogP contribution >= 0.6 is 11.8 Å². The lowest BCUT2D eigenvalue weighted by atomic mass is 10.3. The van der Waals surface area contributed by atoms with Gasteiger partial charge >= 0.3 is 0 Å². The first-order valence-corrected chi connectivity index (χ1v) is 6.74. The molecule has 0 aliphatic heterocycles. The smallest absolute Gasteiger partial charge is 0.275 e. The number of hydrogen-bond acceptors (Lipinski definition) is 5. The molecule has 0 aliphatic rings. The van der Waals surface area contributed by atoms with Gasteiger partial charge in [-0.15, -0.1) is 0 Å². The maximum atomic E-state index is 12.8. The van der Waals surface area contributed by atoms with Crippen LogP contribution in [-0.4, -0.2) is 16.5 Å². The van der Waals surface area contributed by atoms with Gasteiger partial charge < -0.3 is 5.32 Å². The van der Waals surface area contributed by atoms with Crippen LogP contribution in [-0.2, 0) is 0 Å². The summed E-state index contributed by atoms with van der Waals surface area (Å²) in [5, 5.41) is 14.3. The molecule has 2 rings (SSSR count). The van der Waals surface area contributed by atoms with E-state index in [9.17, 15) is 14.5 Å². The maximum absolute atomic E-state index is 12.8. The summed E-state index contributed by atoms with van der Waals surface area (Å²) < 4.78 is 12.8. The van der Waals surface area contributed by atoms with E-state index in [-0.39, 0.29) is 11.5 Å². The van der Waals surface area contributed by atoms with Gasteiger partial charge in [0.1, 0.15) is 16.7 Å². The number of nitrogens with one attached hydrogen (secondary N) is 1. The molecule has 20 heavy (non-hydrogen) atoms. The highest BCUT2D eigenvalue weighted by atomic mass is 32.2. The molecular formula is C13H12FN3O2S. The summed E-state index contributed by atoms with van der Waals surface area (Å²) in [6.45, 7) is 2.50. The van der Waals surface area contributed by atoms with Crippen molar-refractivity contribution in [3.05, 3.63) is 52.3 Å². The van der Waals surface area contributed by atoms with E-state index >= 15 is 0 Å². The van der Waals surface area contributed by atoms with Crippen molar-refractivity contribution in [1.29, 1.82) is 0 Å². The Morgan fingerprint density at radius 2 is 2.05 bits per heavy atom. The second kappa shape index (κ2) is 6.33. The van der Waals surface area contributed by atoms with Gasteiger partial charge in [-0.2, -0.15) is 0 Å². The van der Waals surface area contributed by atoms with Crippen LogP contribution in [0.3, 0.4) is 0 Å². The zero-order valence-corrected chi connectivity index (χ0v) is 11.5. The first-order chi connectivity index (χ1) is 9.58. The fraction of sp³-hybridized carbons (Fsp3) is 0.154. The molecule has 5 nitrogen and oxygen atoms in total. The molecular weight excluding hydrogens is 281 g/mol. The van der Waals surface area contributed by atoms with Gasteiger partial charge in [-0.05, 0) is 31.2 Å². The number of aromatic nitrogens is 1. The van der Waals surface area contributed by atoms with Crippen molar-refractivity contribution in [3.8, 4) is 0 Å². The summed E-state index contributed by atoms with van der Waals surface area (Å²) in [7, 11) is 0. The SMILES string of the molecule is CCNc1cc([N+](=O)[O-])cc(Sc2ccc(F)cc2)n1. The van der Waals surface area contributed by atoms with Crippen molar-refractivity contribution >= 4 is 23.3 Å². The molecule has 0 amide bonds. The highest BCUT2D eigenvalue weighted by Gasteiger charge is 2.12. The molecule has 0 aliphatic carbocycles. The van der Waals surface area contributed by atoms with Crippen molar-refractivity contribution in [2.45, 2.75) is 16.8 Å². The third kappa shape index (κ3) is 3.67. The Morgan fingerprint density at radius 3 is 2.65 bits per heavy atom. The highest BCUT2D eigenvalue weighted by Crippen LogP contribution is 2.30. The number of nitrogens with zero attached hydrogens (tertiary/aromatic N) is 2. The van der Waals surface area contributed by atoms with Gasteiger partial charge in [0.2, 0.25) is 0 Å². The summed E-state index contributed by atoms with van der Waals surface area (Å²) in [5.41, 5.74) is -0.0273. The van der Waals surface area contributed by atoms with Crippen LogP contribution in [0.2, 0.25) is 0 Å². The van der Waals surface area contributed by atoms with Crippen molar-refractivity contribution in [3.63, 3.8) is 0 Å². The Kier molecular flexibility index (Phi) is 4.52. The number of hydrogen-bond donors (Lipinski definition) is 1. The van der Waals surface area contributed by atoms with E-state index in [4.69, 9.17) is 0 Å². The zero-order valence-electron chi connectivity index (χ0n) is 10.7. The summed E-state index contributed by atoms with van der Waals surface area (Å²) in [5.74, 6) is 0.126. The molecule has 7 heteroatoms. The van der Waals surface area contributed by atoms with Crippen LogP contribution in [0.25, 0.3) is 0 Å². The molecule has 1 N–H and O–H groups in total. The second-order valence-corrected chi connectivity index (χ2v) is 4.99. The van der Waals surface area contributed by atoms with Gasteiger partial charge in [-0.1, -0.05) is 11.8 Å². The van der Waals surface area contributed by atoms with Crippen molar-refractivity contribution < 1.29 is 9.31 Å². The van der Waals surface area contributed by atoms with E-state index < -0.39 is 4.92 Å². The molecule has 0 saturated heterocycles. The molecule has 0 fully saturated rings. The minimum absolute atomic E-state index is 0.0273. The summed E-state index contributed by atoms with van der Waals surface area (Å²) >= 11 is 1.25. The maximum Gasteiger partial charge on any atom is 0.275 e. The number of pyridine rings is 1. The molecule has 1 heterocycles. The Bertz CT molecular complexity index is 620. The normalized spacial score (nSPS) is 10.3. The van der Waals surface area contributed by atoms with Gasteiger partial charge in [-0.25, -0.2) is 9.37 Å². The van der Waals surface area contributed by atoms with E-state index in [1.807, 2.05) is 6.92 Å². The lowest BCUT2D eigenvalue weighted by Gasteiger charge is -2.06. The Balaban J connectivity index is 2.29. The molecule has 0 atom stereocenters. The Morgan fingerprint density at radius 1 is 1.35 bits per heavy atom. The van der Waals surface area contributed by atoms with Gasteiger partial charge in [-0.3, -0.25) is 10.1 Å². The predicted molar refractivity (Wildman–Crippen MR) is 75.6 cm³/mol. The number of nitro groups is 1. The zero-order chi connectivity index (χ0) is 14.5. The molecule has 0 unspecified atom stereocenters.